The highest BCUT2D eigenvalue weighted by Gasteiger charge is 2.35. The van der Waals surface area contributed by atoms with Gasteiger partial charge in [0.25, 0.3) is 5.91 Å². The van der Waals surface area contributed by atoms with Crippen LogP contribution in [0.15, 0.2) is 24.3 Å². The molecule has 0 saturated carbocycles. The van der Waals surface area contributed by atoms with Crippen LogP contribution < -0.4 is 11.3 Å². The number of carbonyl (C=O) groups is 1. The zero-order valence-corrected chi connectivity index (χ0v) is 16.7. The van der Waals surface area contributed by atoms with E-state index in [9.17, 15) is 4.79 Å². The number of amides is 1. The van der Waals surface area contributed by atoms with Gasteiger partial charge < -0.3 is 0 Å². The van der Waals surface area contributed by atoms with Crippen molar-refractivity contribution in [2.45, 2.75) is 65.5 Å². The molecule has 1 aromatic rings. The number of nitrogens with two attached hydrogens (primary N) is 1. The van der Waals surface area contributed by atoms with E-state index in [1.165, 1.54) is 68.7 Å². The van der Waals surface area contributed by atoms with Gasteiger partial charge in [-0.15, -0.1) is 0 Å². The number of carbonyl (C=O) groups excluding carboxylic acids is 1. The lowest BCUT2D eigenvalue weighted by molar-refractivity contribution is 0.0953. The van der Waals surface area contributed by atoms with E-state index in [-0.39, 0.29) is 5.91 Å². The molecule has 3 N–H and O–H groups in total. The average Bonchev–Trinajstić information content (AvgIpc) is 2.62. The summed E-state index contributed by atoms with van der Waals surface area (Å²) in [6.07, 6.45) is 13.4. The van der Waals surface area contributed by atoms with Crippen LogP contribution in [0.5, 0.6) is 0 Å². The van der Waals surface area contributed by atoms with Gasteiger partial charge in [0.05, 0.1) is 24.6 Å². The van der Waals surface area contributed by atoms with Crippen molar-refractivity contribution >= 4 is 13.2 Å². The van der Waals surface area contributed by atoms with Crippen LogP contribution in [0.4, 0.5) is 0 Å². The largest absolute Gasteiger partial charge is 0.290 e. The Labute approximate surface area is 149 Å². The minimum absolute atomic E-state index is 0.217. The number of benzene rings is 1. The van der Waals surface area contributed by atoms with E-state index in [1.807, 2.05) is 12.1 Å². The van der Waals surface area contributed by atoms with E-state index in [0.717, 1.165) is 0 Å². The maximum absolute atomic E-state index is 11.6. The molecule has 0 aromatic heterocycles. The summed E-state index contributed by atoms with van der Waals surface area (Å²) < 4.78 is 0. The fourth-order valence-electron chi connectivity index (χ4n) is 3.29. The fourth-order valence-corrected chi connectivity index (χ4v) is 8.38. The molecular weight excluding hydrogens is 315 g/mol. The molecule has 0 saturated heterocycles. The average molecular weight is 351 g/mol. The number of nitrogens with one attached hydrogen (secondary N) is 1. The molecule has 1 rings (SSSR count). The van der Waals surface area contributed by atoms with Crippen molar-refractivity contribution < 1.29 is 4.79 Å². The monoisotopic (exact) mass is 351 g/mol. The van der Waals surface area contributed by atoms with Crippen molar-refractivity contribution in [1.82, 2.24) is 5.43 Å². The molecule has 0 aliphatic carbocycles. The molecule has 0 aliphatic heterocycles. The van der Waals surface area contributed by atoms with Crippen LogP contribution in [-0.2, 0) is 6.16 Å². The Balaban J connectivity index is 2.92. The van der Waals surface area contributed by atoms with Crippen molar-refractivity contribution in [3.05, 3.63) is 35.4 Å². The highest BCUT2D eigenvalue weighted by atomic mass is 31.2. The molecule has 0 radical (unpaired) electrons. The predicted molar refractivity (Wildman–Crippen MR) is 108 cm³/mol. The molecule has 136 valence electrons. The Morgan fingerprint density at radius 3 is 1.75 bits per heavy atom. The van der Waals surface area contributed by atoms with Gasteiger partial charge in [0.1, 0.15) is 0 Å². The third kappa shape index (κ3) is 6.91. The first-order valence-electron chi connectivity index (χ1n) is 9.55. The van der Waals surface area contributed by atoms with Gasteiger partial charge in [-0.1, -0.05) is 52.2 Å². The molecule has 24 heavy (non-hydrogen) atoms. The molecule has 4 heteroatoms. The molecule has 0 atom stereocenters. The maximum atomic E-state index is 11.6. The topological polar surface area (TPSA) is 55.1 Å². The minimum atomic E-state index is -0.939. The Bertz CT molecular complexity index is 451. The molecule has 0 unspecified atom stereocenters. The molecule has 1 aromatic carbocycles. The quantitative estimate of drug-likeness (QED) is 0.235. The Hall–Kier alpha value is -0.920. The summed E-state index contributed by atoms with van der Waals surface area (Å²) in [5, 5.41) is 0. The normalized spacial score (nSPS) is 11.5. The van der Waals surface area contributed by atoms with E-state index < -0.39 is 7.26 Å². The van der Waals surface area contributed by atoms with Gasteiger partial charge >= 0.3 is 0 Å². The first kappa shape index (κ1) is 21.1. The van der Waals surface area contributed by atoms with Crippen LogP contribution in [0.2, 0.25) is 0 Å². The second-order valence-corrected chi connectivity index (χ2v) is 11.2. The lowest BCUT2D eigenvalue weighted by Gasteiger charge is -2.28. The number of unbranched alkanes of at least 4 members (excludes halogenated alkanes) is 3. The van der Waals surface area contributed by atoms with Crippen LogP contribution in [0.3, 0.4) is 0 Å². The standard InChI is InChI=1S/C20H35N2OP/c1-4-7-14-24(15-8-5-2,16-9-6-3)17-18-10-12-19(13-11-18)20(23)22-21/h10-13H,4-9,14-17,21H2,1-3H3/p+1. The smallest absolute Gasteiger partial charge is 0.265 e. The molecule has 3 nitrogen and oxygen atoms in total. The number of nitrogen functional groups attached to an aromatic ring is 1. The van der Waals surface area contributed by atoms with E-state index >= 15 is 0 Å². The van der Waals surface area contributed by atoms with E-state index in [0.29, 0.717) is 5.56 Å². The second kappa shape index (κ2) is 11.6. The number of hydrazine groups is 1. The summed E-state index contributed by atoms with van der Waals surface area (Å²) in [5.41, 5.74) is 4.23. The second-order valence-electron chi connectivity index (χ2n) is 6.90. The van der Waals surface area contributed by atoms with Gasteiger partial charge in [0.2, 0.25) is 0 Å². The van der Waals surface area contributed by atoms with Crippen molar-refractivity contribution in [2.75, 3.05) is 18.5 Å². The highest BCUT2D eigenvalue weighted by Crippen LogP contribution is 2.63. The van der Waals surface area contributed by atoms with Crippen molar-refractivity contribution in [3.8, 4) is 0 Å². The fraction of sp³-hybridized carbons (Fsp3) is 0.650. The lowest BCUT2D eigenvalue weighted by Crippen LogP contribution is -2.29. The summed E-state index contributed by atoms with van der Waals surface area (Å²) in [6, 6.07) is 8.07. The third-order valence-electron chi connectivity index (χ3n) is 4.82. The zero-order valence-electron chi connectivity index (χ0n) is 15.8. The molecular formula is C20H36N2OP+. The summed E-state index contributed by atoms with van der Waals surface area (Å²) in [5.74, 6) is 5.00. The highest BCUT2D eigenvalue weighted by molar-refractivity contribution is 7.75. The molecule has 0 aliphatic rings. The minimum Gasteiger partial charge on any atom is -0.290 e. The van der Waals surface area contributed by atoms with Crippen LogP contribution in [0.25, 0.3) is 0 Å². The van der Waals surface area contributed by atoms with Gasteiger partial charge in [-0.3, -0.25) is 10.2 Å². The SMILES string of the molecule is CCCC[P+](CCCC)(CCCC)Cc1ccc(C(=O)NN)cc1. The summed E-state index contributed by atoms with van der Waals surface area (Å²) in [6.45, 7) is 6.90. The summed E-state index contributed by atoms with van der Waals surface area (Å²) in [7, 11) is -0.939. The van der Waals surface area contributed by atoms with Gasteiger partial charge in [0, 0.05) is 12.8 Å². The first-order valence-corrected chi connectivity index (χ1v) is 12.1. The van der Waals surface area contributed by atoms with E-state index in [1.54, 1.807) is 0 Å². The number of hydrogen-bond donors (Lipinski definition) is 2. The van der Waals surface area contributed by atoms with Gasteiger partial charge in [-0.05, 0) is 37.0 Å². The van der Waals surface area contributed by atoms with Crippen LogP contribution in [-0.4, -0.2) is 24.4 Å². The van der Waals surface area contributed by atoms with Gasteiger partial charge in [-0.25, -0.2) is 5.84 Å². The van der Waals surface area contributed by atoms with Crippen LogP contribution >= 0.6 is 7.26 Å². The summed E-state index contributed by atoms with van der Waals surface area (Å²) in [4.78, 5) is 11.6. The van der Waals surface area contributed by atoms with Gasteiger partial charge in [0.15, 0.2) is 0 Å². The van der Waals surface area contributed by atoms with Crippen LogP contribution in [0, 0.1) is 0 Å². The number of rotatable bonds is 12. The lowest BCUT2D eigenvalue weighted by atomic mass is 10.1. The molecule has 1 amide bonds. The summed E-state index contributed by atoms with van der Waals surface area (Å²) >= 11 is 0. The Morgan fingerprint density at radius 2 is 1.38 bits per heavy atom. The molecule has 0 fully saturated rings. The zero-order chi connectivity index (χ0) is 17.8. The number of hydrogen-bond acceptors (Lipinski definition) is 2. The molecule has 0 spiro atoms. The first-order chi connectivity index (χ1) is 11.6. The van der Waals surface area contributed by atoms with E-state index in [4.69, 9.17) is 5.84 Å². The van der Waals surface area contributed by atoms with Crippen molar-refractivity contribution in [2.24, 2.45) is 5.84 Å². The Morgan fingerprint density at radius 1 is 0.917 bits per heavy atom. The predicted octanol–water partition coefficient (Wildman–Crippen LogP) is 5.21. The Kier molecular flexibility index (Phi) is 10.2. The molecule has 0 heterocycles. The van der Waals surface area contributed by atoms with E-state index in [2.05, 4.69) is 38.3 Å². The maximum Gasteiger partial charge on any atom is 0.265 e. The van der Waals surface area contributed by atoms with Crippen LogP contribution in [0.1, 0.15) is 75.2 Å². The van der Waals surface area contributed by atoms with Gasteiger partial charge in [-0.2, -0.15) is 0 Å². The third-order valence-corrected chi connectivity index (χ3v) is 9.65. The molecule has 0 bridgehead atoms. The van der Waals surface area contributed by atoms with Crippen molar-refractivity contribution in [3.63, 3.8) is 0 Å². The van der Waals surface area contributed by atoms with Crippen molar-refractivity contribution in [1.29, 1.82) is 0 Å².